The zero-order valence-electron chi connectivity index (χ0n) is 15.4. The Morgan fingerprint density at radius 1 is 1.22 bits per heavy atom. The second-order valence-corrected chi connectivity index (χ2v) is 8.59. The minimum absolute atomic E-state index is 0.0368. The van der Waals surface area contributed by atoms with Crippen LogP contribution in [0.15, 0.2) is 24.3 Å². The van der Waals surface area contributed by atoms with Crippen molar-refractivity contribution in [2.45, 2.75) is 39.0 Å². The smallest absolute Gasteiger partial charge is 0.263 e. The molecule has 2 aliphatic rings. The summed E-state index contributed by atoms with van der Waals surface area (Å²) >= 11 is 1.59. The second-order valence-electron chi connectivity index (χ2n) is 7.45. The molecule has 4 rings (SSSR count). The van der Waals surface area contributed by atoms with Gasteiger partial charge in [-0.2, -0.15) is 0 Å². The fourth-order valence-electron chi connectivity index (χ4n) is 3.90. The molecule has 1 fully saturated rings. The van der Waals surface area contributed by atoms with E-state index in [0.29, 0.717) is 17.7 Å². The lowest BCUT2D eigenvalue weighted by molar-refractivity contribution is -0.120. The van der Waals surface area contributed by atoms with Crippen LogP contribution in [0.5, 0.6) is 0 Å². The number of hydrogen-bond acceptors (Lipinski definition) is 3. The molecule has 27 heavy (non-hydrogen) atoms. The van der Waals surface area contributed by atoms with Crippen LogP contribution < -0.4 is 5.32 Å². The molecule has 0 radical (unpaired) electrons. The topological polar surface area (TPSA) is 49.4 Å². The van der Waals surface area contributed by atoms with Crippen LogP contribution in [0, 0.1) is 18.7 Å². The Hall–Kier alpha value is -2.21. The number of fused-ring (bicyclic) bond motifs is 1. The number of thiophene rings is 1. The highest BCUT2D eigenvalue weighted by Gasteiger charge is 2.29. The van der Waals surface area contributed by atoms with Crippen LogP contribution in [0.1, 0.15) is 44.9 Å². The van der Waals surface area contributed by atoms with Gasteiger partial charge in [-0.25, -0.2) is 4.39 Å². The first-order chi connectivity index (χ1) is 13.0. The maximum atomic E-state index is 13.4. The van der Waals surface area contributed by atoms with Crippen LogP contribution in [0.3, 0.4) is 0 Å². The van der Waals surface area contributed by atoms with Crippen LogP contribution in [-0.4, -0.2) is 29.8 Å². The third-order valence-corrected chi connectivity index (χ3v) is 6.71. The summed E-state index contributed by atoms with van der Waals surface area (Å²) in [4.78, 5) is 29.2. The van der Waals surface area contributed by atoms with Crippen LogP contribution in [0.25, 0.3) is 0 Å². The molecule has 0 spiro atoms. The van der Waals surface area contributed by atoms with Gasteiger partial charge in [0.2, 0.25) is 5.91 Å². The molecule has 2 aromatic rings. The number of hydrogen-bond donors (Lipinski definition) is 1. The van der Waals surface area contributed by atoms with Gasteiger partial charge in [0, 0.05) is 29.6 Å². The van der Waals surface area contributed by atoms with Crippen molar-refractivity contribution in [2.24, 2.45) is 5.92 Å². The van der Waals surface area contributed by atoms with Crippen molar-refractivity contribution in [1.29, 1.82) is 0 Å². The Morgan fingerprint density at radius 3 is 2.74 bits per heavy atom. The molecule has 1 atom stereocenters. The van der Waals surface area contributed by atoms with Gasteiger partial charge in [0.25, 0.3) is 5.91 Å². The summed E-state index contributed by atoms with van der Waals surface area (Å²) in [6, 6.07) is 6.60. The average molecular weight is 386 g/mol. The average Bonchev–Trinajstić information content (AvgIpc) is 3.33. The van der Waals surface area contributed by atoms with Crippen molar-refractivity contribution >= 4 is 28.8 Å². The van der Waals surface area contributed by atoms with E-state index in [2.05, 4.69) is 5.32 Å². The number of aryl methyl sites for hydroxylation is 2. The number of carbonyl (C=O) groups excluding carboxylic acids is 2. The summed E-state index contributed by atoms with van der Waals surface area (Å²) in [7, 11) is 0. The largest absolute Gasteiger partial charge is 0.338 e. The maximum Gasteiger partial charge on any atom is 0.263 e. The van der Waals surface area contributed by atoms with E-state index < -0.39 is 0 Å². The molecular formula is C21H23FN2O2S. The standard InChI is InChI=1S/C21H23FN2O2S/c1-13-10-16(5-6-17(13)22)23-20(25)14-4-7-18-15(11-14)12-19(27-18)21(26)24-8-2-3-9-24/h5-6,10,12,14H,2-4,7-9,11H2,1H3,(H,23,25)/t14-/m1/s1. The quantitative estimate of drug-likeness (QED) is 0.860. The second kappa shape index (κ2) is 7.43. The number of likely N-dealkylation sites (tertiary alicyclic amines) is 1. The number of carbonyl (C=O) groups is 2. The minimum Gasteiger partial charge on any atom is -0.338 e. The number of rotatable bonds is 3. The van der Waals surface area contributed by atoms with E-state index in [1.54, 1.807) is 30.4 Å². The molecule has 2 heterocycles. The minimum atomic E-state index is -0.274. The summed E-state index contributed by atoms with van der Waals surface area (Å²) in [5.41, 5.74) is 2.27. The van der Waals surface area contributed by atoms with E-state index in [1.165, 1.54) is 10.9 Å². The molecule has 1 N–H and O–H groups in total. The molecule has 0 unspecified atom stereocenters. The first-order valence-electron chi connectivity index (χ1n) is 9.49. The molecule has 1 aromatic carbocycles. The Balaban J connectivity index is 1.43. The monoisotopic (exact) mass is 386 g/mol. The molecule has 1 aliphatic heterocycles. The van der Waals surface area contributed by atoms with Crippen molar-refractivity contribution in [3.05, 3.63) is 51.0 Å². The predicted molar refractivity (Wildman–Crippen MR) is 105 cm³/mol. The molecule has 6 heteroatoms. The van der Waals surface area contributed by atoms with Gasteiger partial charge in [0.05, 0.1) is 4.88 Å². The Morgan fingerprint density at radius 2 is 2.00 bits per heavy atom. The van der Waals surface area contributed by atoms with Crippen molar-refractivity contribution in [3.63, 3.8) is 0 Å². The zero-order valence-corrected chi connectivity index (χ0v) is 16.2. The molecule has 2 amide bonds. The SMILES string of the molecule is Cc1cc(NC(=O)[C@@H]2CCc3sc(C(=O)N4CCCC4)cc3C2)ccc1F. The molecule has 1 aromatic heterocycles. The van der Waals surface area contributed by atoms with Gasteiger partial charge in [0.1, 0.15) is 5.82 Å². The summed E-state index contributed by atoms with van der Waals surface area (Å²) in [6.07, 6.45) is 4.43. The fraction of sp³-hybridized carbons (Fsp3) is 0.429. The lowest BCUT2D eigenvalue weighted by Gasteiger charge is -2.21. The van der Waals surface area contributed by atoms with E-state index >= 15 is 0 Å². The molecule has 0 saturated carbocycles. The van der Waals surface area contributed by atoms with Crippen molar-refractivity contribution in [3.8, 4) is 0 Å². The Bertz CT molecular complexity index is 886. The van der Waals surface area contributed by atoms with Crippen LogP contribution in [0.4, 0.5) is 10.1 Å². The third kappa shape index (κ3) is 3.76. The number of halogens is 1. The van der Waals surface area contributed by atoms with Crippen molar-refractivity contribution < 1.29 is 14.0 Å². The molecule has 1 aliphatic carbocycles. The number of amides is 2. The van der Waals surface area contributed by atoms with Gasteiger partial charge in [-0.15, -0.1) is 11.3 Å². The van der Waals surface area contributed by atoms with Crippen molar-refractivity contribution in [1.82, 2.24) is 4.90 Å². The van der Waals surface area contributed by atoms with Gasteiger partial charge in [-0.05, 0) is 74.4 Å². The zero-order chi connectivity index (χ0) is 19.0. The van der Waals surface area contributed by atoms with Crippen LogP contribution in [-0.2, 0) is 17.6 Å². The van der Waals surface area contributed by atoms with E-state index in [9.17, 15) is 14.0 Å². The van der Waals surface area contributed by atoms with E-state index in [4.69, 9.17) is 0 Å². The normalized spacial score (nSPS) is 19.0. The number of nitrogens with zero attached hydrogens (tertiary/aromatic N) is 1. The highest BCUT2D eigenvalue weighted by atomic mass is 32.1. The Kier molecular flexibility index (Phi) is 5.00. The van der Waals surface area contributed by atoms with Gasteiger partial charge < -0.3 is 10.2 Å². The first-order valence-corrected chi connectivity index (χ1v) is 10.3. The van der Waals surface area contributed by atoms with E-state index in [1.807, 2.05) is 11.0 Å². The predicted octanol–water partition coefficient (Wildman–Crippen LogP) is 4.18. The summed E-state index contributed by atoms with van der Waals surface area (Å²) in [5.74, 6) is -0.295. The lowest BCUT2D eigenvalue weighted by atomic mass is 9.87. The van der Waals surface area contributed by atoms with Gasteiger partial charge in [-0.1, -0.05) is 0 Å². The van der Waals surface area contributed by atoms with Gasteiger partial charge in [-0.3, -0.25) is 9.59 Å². The van der Waals surface area contributed by atoms with E-state index in [-0.39, 0.29) is 23.5 Å². The molecule has 142 valence electrons. The fourth-order valence-corrected chi connectivity index (χ4v) is 5.07. The third-order valence-electron chi connectivity index (χ3n) is 5.48. The highest BCUT2D eigenvalue weighted by Crippen LogP contribution is 2.34. The molecule has 0 bridgehead atoms. The Labute approximate surface area is 162 Å². The maximum absolute atomic E-state index is 13.4. The van der Waals surface area contributed by atoms with E-state index in [0.717, 1.165) is 49.2 Å². The van der Waals surface area contributed by atoms with Crippen LogP contribution in [0.2, 0.25) is 0 Å². The van der Waals surface area contributed by atoms with Gasteiger partial charge in [0.15, 0.2) is 0 Å². The lowest BCUT2D eigenvalue weighted by Crippen LogP contribution is -2.27. The number of benzene rings is 1. The first kappa shape index (κ1) is 18.2. The highest BCUT2D eigenvalue weighted by molar-refractivity contribution is 7.14. The molecular weight excluding hydrogens is 363 g/mol. The van der Waals surface area contributed by atoms with Gasteiger partial charge >= 0.3 is 0 Å². The summed E-state index contributed by atoms with van der Waals surface area (Å²) in [5, 5.41) is 2.91. The van der Waals surface area contributed by atoms with Crippen LogP contribution >= 0.6 is 11.3 Å². The summed E-state index contributed by atoms with van der Waals surface area (Å²) < 4.78 is 13.4. The molecule has 1 saturated heterocycles. The number of anilines is 1. The molecule has 4 nitrogen and oxygen atoms in total. The summed E-state index contributed by atoms with van der Waals surface area (Å²) in [6.45, 7) is 3.38. The number of nitrogens with one attached hydrogen (secondary N) is 1. The van der Waals surface area contributed by atoms with Crippen molar-refractivity contribution in [2.75, 3.05) is 18.4 Å².